The lowest BCUT2D eigenvalue weighted by atomic mass is 9.94. The van der Waals surface area contributed by atoms with Crippen LogP contribution in [0.2, 0.25) is 0 Å². The van der Waals surface area contributed by atoms with Crippen molar-refractivity contribution >= 4 is 12.6 Å². The van der Waals surface area contributed by atoms with Gasteiger partial charge in [0.05, 0.1) is 0 Å². The Hall–Kier alpha value is 0.350. The van der Waals surface area contributed by atoms with E-state index in [1.165, 1.54) is 25.7 Å². The summed E-state index contributed by atoms with van der Waals surface area (Å²) < 4.78 is 0. The summed E-state index contributed by atoms with van der Waals surface area (Å²) in [5.41, 5.74) is 0. The maximum atomic E-state index is 4.28. The summed E-state index contributed by atoms with van der Waals surface area (Å²) in [7, 11) is 0. The Morgan fingerprint density at radius 3 is 2.00 bits per heavy atom. The van der Waals surface area contributed by atoms with Crippen molar-refractivity contribution < 1.29 is 0 Å². The van der Waals surface area contributed by atoms with Crippen molar-refractivity contribution in [3.05, 3.63) is 0 Å². The molecule has 1 heteroatoms. The zero-order valence-corrected chi connectivity index (χ0v) is 9.03. The first-order chi connectivity index (χ1) is 5.24. The fraction of sp³-hybridized carbons (Fsp3) is 1.00. The summed E-state index contributed by atoms with van der Waals surface area (Å²) in [5.74, 6) is 2.80. The molecule has 0 saturated carbocycles. The molecule has 0 saturated heterocycles. The zero-order chi connectivity index (χ0) is 8.69. The van der Waals surface area contributed by atoms with E-state index in [0.29, 0.717) is 0 Å². The van der Waals surface area contributed by atoms with E-state index in [9.17, 15) is 0 Å². The molecule has 0 bridgehead atoms. The molecule has 1 atom stereocenters. The van der Waals surface area contributed by atoms with E-state index < -0.39 is 0 Å². The van der Waals surface area contributed by atoms with Crippen LogP contribution in [0.25, 0.3) is 0 Å². The van der Waals surface area contributed by atoms with Crippen molar-refractivity contribution in [1.29, 1.82) is 0 Å². The zero-order valence-electron chi connectivity index (χ0n) is 8.14. The Morgan fingerprint density at radius 2 is 1.64 bits per heavy atom. The van der Waals surface area contributed by atoms with Crippen molar-refractivity contribution in [2.24, 2.45) is 11.8 Å². The number of hydrogen-bond acceptors (Lipinski definition) is 1. The number of hydrogen-bond donors (Lipinski definition) is 1. The molecule has 68 valence electrons. The van der Waals surface area contributed by atoms with E-state index in [-0.39, 0.29) is 0 Å². The summed E-state index contributed by atoms with van der Waals surface area (Å²) in [4.78, 5) is 0. The third-order valence-electron chi connectivity index (χ3n) is 2.53. The van der Waals surface area contributed by atoms with Gasteiger partial charge in [0.15, 0.2) is 0 Å². The van der Waals surface area contributed by atoms with Crippen molar-refractivity contribution in [1.82, 2.24) is 0 Å². The molecule has 0 aromatic carbocycles. The summed E-state index contributed by atoms with van der Waals surface area (Å²) in [5, 5.41) is 0. The molecule has 1 unspecified atom stereocenters. The van der Waals surface area contributed by atoms with Crippen LogP contribution in [0.4, 0.5) is 0 Å². The Kier molecular flexibility index (Phi) is 7.25. The Balaban J connectivity index is 3.34. The third kappa shape index (κ3) is 5.60. The Morgan fingerprint density at radius 1 is 1.09 bits per heavy atom. The molecule has 0 N–H and O–H groups in total. The van der Waals surface area contributed by atoms with Gasteiger partial charge >= 0.3 is 0 Å². The van der Waals surface area contributed by atoms with E-state index in [2.05, 4.69) is 33.4 Å². The summed E-state index contributed by atoms with van der Waals surface area (Å²) in [6.45, 7) is 6.87. The molecule has 0 spiro atoms. The van der Waals surface area contributed by atoms with Gasteiger partial charge in [-0.3, -0.25) is 0 Å². The normalized spacial score (nSPS) is 13.9. The molecular formula is C10H22S. The molecule has 0 heterocycles. The Bertz CT molecular complexity index is 76.9. The second kappa shape index (κ2) is 7.02. The van der Waals surface area contributed by atoms with E-state index in [0.717, 1.165) is 17.6 Å². The van der Waals surface area contributed by atoms with Crippen LogP contribution < -0.4 is 0 Å². The molecule has 0 aliphatic carbocycles. The van der Waals surface area contributed by atoms with Crippen LogP contribution in [0.3, 0.4) is 0 Å². The average molecular weight is 174 g/mol. The van der Waals surface area contributed by atoms with Crippen LogP contribution in [0, 0.1) is 11.8 Å². The molecular weight excluding hydrogens is 152 g/mol. The lowest BCUT2D eigenvalue weighted by Crippen LogP contribution is -2.02. The van der Waals surface area contributed by atoms with Gasteiger partial charge in [-0.2, -0.15) is 12.6 Å². The second-order valence-electron chi connectivity index (χ2n) is 3.55. The van der Waals surface area contributed by atoms with Crippen LogP contribution in [0.5, 0.6) is 0 Å². The van der Waals surface area contributed by atoms with Gasteiger partial charge in [0.2, 0.25) is 0 Å². The predicted molar refractivity (Wildman–Crippen MR) is 56.3 cm³/mol. The van der Waals surface area contributed by atoms with Crippen molar-refractivity contribution in [3.8, 4) is 0 Å². The van der Waals surface area contributed by atoms with Crippen LogP contribution in [0.1, 0.15) is 46.5 Å². The van der Waals surface area contributed by atoms with Gasteiger partial charge in [0, 0.05) is 0 Å². The molecule has 0 aliphatic rings. The molecule has 0 aromatic heterocycles. The summed E-state index contributed by atoms with van der Waals surface area (Å²) in [6, 6.07) is 0. The van der Waals surface area contributed by atoms with Crippen LogP contribution in [-0.4, -0.2) is 5.75 Å². The summed E-state index contributed by atoms with van der Waals surface area (Å²) in [6.07, 6.45) is 5.44. The van der Waals surface area contributed by atoms with E-state index in [4.69, 9.17) is 0 Å². The molecule has 0 aliphatic heterocycles. The average Bonchev–Trinajstić information content (AvgIpc) is 2.06. The predicted octanol–water partition coefficient (Wildman–Crippen LogP) is 3.77. The van der Waals surface area contributed by atoms with Gasteiger partial charge in [0.1, 0.15) is 0 Å². The minimum Gasteiger partial charge on any atom is -0.179 e. The molecule has 0 radical (unpaired) electrons. The highest BCUT2D eigenvalue weighted by Gasteiger charge is 2.05. The smallest absolute Gasteiger partial charge is 0.00721 e. The van der Waals surface area contributed by atoms with Gasteiger partial charge in [-0.1, -0.05) is 40.0 Å². The molecule has 0 rings (SSSR count). The molecule has 0 aromatic rings. The van der Waals surface area contributed by atoms with Crippen LogP contribution in [0.15, 0.2) is 0 Å². The second-order valence-corrected chi connectivity index (χ2v) is 3.91. The van der Waals surface area contributed by atoms with Gasteiger partial charge in [-0.05, 0) is 24.0 Å². The molecule has 0 amide bonds. The fourth-order valence-corrected chi connectivity index (χ4v) is 1.49. The SMILES string of the molecule is CCC(CC)CCC(C)CS. The van der Waals surface area contributed by atoms with Gasteiger partial charge in [-0.15, -0.1) is 0 Å². The van der Waals surface area contributed by atoms with Crippen molar-refractivity contribution in [3.63, 3.8) is 0 Å². The first-order valence-corrected chi connectivity index (χ1v) is 5.48. The highest BCUT2D eigenvalue weighted by molar-refractivity contribution is 7.80. The maximum Gasteiger partial charge on any atom is -0.00721 e. The highest BCUT2D eigenvalue weighted by Crippen LogP contribution is 2.18. The molecule has 11 heavy (non-hydrogen) atoms. The van der Waals surface area contributed by atoms with Gasteiger partial charge in [0.25, 0.3) is 0 Å². The quantitative estimate of drug-likeness (QED) is 0.582. The highest BCUT2D eigenvalue weighted by atomic mass is 32.1. The van der Waals surface area contributed by atoms with Crippen LogP contribution in [-0.2, 0) is 0 Å². The topological polar surface area (TPSA) is 0 Å². The van der Waals surface area contributed by atoms with Crippen molar-refractivity contribution in [2.75, 3.05) is 5.75 Å². The first kappa shape index (κ1) is 11.4. The van der Waals surface area contributed by atoms with Gasteiger partial charge in [-0.25, -0.2) is 0 Å². The maximum absolute atomic E-state index is 4.28. The minimum absolute atomic E-state index is 0.805. The van der Waals surface area contributed by atoms with E-state index in [1.807, 2.05) is 0 Å². The minimum atomic E-state index is 0.805. The largest absolute Gasteiger partial charge is 0.179 e. The van der Waals surface area contributed by atoms with Crippen LogP contribution >= 0.6 is 12.6 Å². The fourth-order valence-electron chi connectivity index (χ4n) is 1.31. The number of thiol groups is 1. The van der Waals surface area contributed by atoms with E-state index >= 15 is 0 Å². The standard InChI is InChI=1S/C10H22S/c1-4-10(5-2)7-6-9(3)8-11/h9-11H,4-8H2,1-3H3. The van der Waals surface area contributed by atoms with Crippen molar-refractivity contribution in [2.45, 2.75) is 46.5 Å². The number of rotatable bonds is 6. The molecule has 0 nitrogen and oxygen atoms in total. The van der Waals surface area contributed by atoms with E-state index in [1.54, 1.807) is 0 Å². The monoisotopic (exact) mass is 174 g/mol. The first-order valence-electron chi connectivity index (χ1n) is 4.85. The molecule has 0 fully saturated rings. The third-order valence-corrected chi connectivity index (χ3v) is 3.16. The lowest BCUT2D eigenvalue weighted by Gasteiger charge is -2.14. The summed E-state index contributed by atoms with van der Waals surface area (Å²) >= 11 is 4.28. The lowest BCUT2D eigenvalue weighted by molar-refractivity contribution is 0.406. The van der Waals surface area contributed by atoms with Gasteiger partial charge < -0.3 is 0 Å². The Labute approximate surface area is 77.2 Å².